The summed E-state index contributed by atoms with van der Waals surface area (Å²) in [5.41, 5.74) is 0.303. The van der Waals surface area contributed by atoms with Gasteiger partial charge in [-0.3, -0.25) is 4.72 Å². The first-order valence-electron chi connectivity index (χ1n) is 5.51. The average molecular weight is 392 g/mol. The van der Waals surface area contributed by atoms with Gasteiger partial charge >= 0.3 is 5.97 Å². The minimum Gasteiger partial charge on any atom is -0.497 e. The van der Waals surface area contributed by atoms with Crippen LogP contribution >= 0.6 is 27.3 Å². The Labute approximate surface area is 133 Å². The van der Waals surface area contributed by atoms with Crippen molar-refractivity contribution >= 4 is 48.9 Å². The van der Waals surface area contributed by atoms with Gasteiger partial charge in [0.25, 0.3) is 10.0 Å². The van der Waals surface area contributed by atoms with Crippen molar-refractivity contribution in [3.8, 4) is 5.75 Å². The van der Waals surface area contributed by atoms with Crippen molar-refractivity contribution < 1.29 is 23.1 Å². The van der Waals surface area contributed by atoms with Crippen LogP contribution in [0.5, 0.6) is 5.75 Å². The standard InChI is InChI=1S/C12H10BrNO5S2/c1-19-7-2-3-9(13)10(4-7)14-21(17,18)8-5-11(12(15)16)20-6-8/h2-6,14H,1H3,(H,15,16). The lowest BCUT2D eigenvalue weighted by Gasteiger charge is -2.10. The number of sulfonamides is 1. The molecular weight excluding hydrogens is 382 g/mol. The van der Waals surface area contributed by atoms with E-state index in [1.807, 2.05) is 0 Å². The van der Waals surface area contributed by atoms with E-state index in [4.69, 9.17) is 9.84 Å². The Hall–Kier alpha value is -1.58. The minimum absolute atomic E-state index is 0.0416. The fourth-order valence-electron chi connectivity index (χ4n) is 1.49. The monoisotopic (exact) mass is 391 g/mol. The molecule has 112 valence electrons. The van der Waals surface area contributed by atoms with Gasteiger partial charge in [-0.1, -0.05) is 0 Å². The predicted octanol–water partition coefficient (Wildman–Crippen LogP) is 3.02. The molecule has 0 saturated heterocycles. The summed E-state index contributed by atoms with van der Waals surface area (Å²) in [6.45, 7) is 0. The molecule has 1 aromatic carbocycles. The molecule has 6 nitrogen and oxygen atoms in total. The molecule has 0 aliphatic carbocycles. The van der Waals surface area contributed by atoms with Crippen molar-refractivity contribution in [2.75, 3.05) is 11.8 Å². The van der Waals surface area contributed by atoms with E-state index >= 15 is 0 Å². The van der Waals surface area contributed by atoms with Crippen molar-refractivity contribution in [1.29, 1.82) is 0 Å². The summed E-state index contributed by atoms with van der Waals surface area (Å²) in [6.07, 6.45) is 0. The number of nitrogens with one attached hydrogen (secondary N) is 1. The number of halogens is 1. The maximum atomic E-state index is 12.2. The number of carbonyl (C=O) groups is 1. The lowest BCUT2D eigenvalue weighted by atomic mass is 10.3. The van der Waals surface area contributed by atoms with Crippen LogP contribution in [0, 0.1) is 0 Å². The number of thiophene rings is 1. The van der Waals surface area contributed by atoms with Gasteiger partial charge in [0, 0.05) is 15.9 Å². The van der Waals surface area contributed by atoms with Crippen molar-refractivity contribution in [3.05, 3.63) is 39.0 Å². The normalized spacial score (nSPS) is 11.1. The summed E-state index contributed by atoms with van der Waals surface area (Å²) in [5, 5.41) is 10.1. The number of hydrogen-bond acceptors (Lipinski definition) is 5. The number of rotatable bonds is 5. The van der Waals surface area contributed by atoms with Gasteiger partial charge in [-0.2, -0.15) is 0 Å². The van der Waals surface area contributed by atoms with Gasteiger partial charge in [0.15, 0.2) is 0 Å². The highest BCUT2D eigenvalue weighted by Gasteiger charge is 2.19. The van der Waals surface area contributed by atoms with Gasteiger partial charge in [0.1, 0.15) is 10.6 Å². The maximum Gasteiger partial charge on any atom is 0.345 e. The molecule has 2 aromatic rings. The second kappa shape index (κ2) is 6.04. The van der Waals surface area contributed by atoms with Crippen LogP contribution in [0.2, 0.25) is 0 Å². The van der Waals surface area contributed by atoms with Gasteiger partial charge in [-0.15, -0.1) is 11.3 Å². The molecule has 0 unspecified atom stereocenters. The fraction of sp³-hybridized carbons (Fsp3) is 0.0833. The highest BCUT2D eigenvalue weighted by Crippen LogP contribution is 2.30. The quantitative estimate of drug-likeness (QED) is 0.816. The van der Waals surface area contributed by atoms with Gasteiger partial charge in [-0.05, 0) is 34.1 Å². The number of methoxy groups -OCH3 is 1. The number of benzene rings is 1. The third-order valence-corrected chi connectivity index (χ3v) is 5.62. The Bertz CT molecular complexity index is 785. The van der Waals surface area contributed by atoms with Crippen molar-refractivity contribution in [2.24, 2.45) is 0 Å². The average Bonchev–Trinajstić information content (AvgIpc) is 2.92. The van der Waals surface area contributed by atoms with Crippen LogP contribution in [0.4, 0.5) is 5.69 Å². The van der Waals surface area contributed by atoms with Crippen molar-refractivity contribution in [3.63, 3.8) is 0 Å². The molecule has 0 aliphatic heterocycles. The summed E-state index contributed by atoms with van der Waals surface area (Å²) in [7, 11) is -2.39. The topological polar surface area (TPSA) is 92.7 Å². The summed E-state index contributed by atoms with van der Waals surface area (Å²) >= 11 is 4.09. The van der Waals surface area contributed by atoms with Gasteiger partial charge < -0.3 is 9.84 Å². The summed E-state index contributed by atoms with van der Waals surface area (Å²) in [4.78, 5) is 10.7. The first-order valence-corrected chi connectivity index (χ1v) is 8.67. The summed E-state index contributed by atoms with van der Waals surface area (Å²) in [5.74, 6) is -0.670. The lowest BCUT2D eigenvalue weighted by Crippen LogP contribution is -2.12. The first kappa shape index (κ1) is 15.8. The largest absolute Gasteiger partial charge is 0.497 e. The molecule has 0 spiro atoms. The summed E-state index contributed by atoms with van der Waals surface area (Å²) < 4.78 is 32.4. The van der Waals surface area contributed by atoms with Gasteiger partial charge in [0.05, 0.1) is 17.7 Å². The number of anilines is 1. The van der Waals surface area contributed by atoms with Gasteiger partial charge in [-0.25, -0.2) is 13.2 Å². The third-order valence-electron chi connectivity index (χ3n) is 2.51. The summed E-state index contributed by atoms with van der Waals surface area (Å²) in [6, 6.07) is 5.96. The SMILES string of the molecule is COc1ccc(Br)c(NS(=O)(=O)c2csc(C(=O)O)c2)c1. The molecule has 21 heavy (non-hydrogen) atoms. The predicted molar refractivity (Wildman–Crippen MR) is 82.8 cm³/mol. The molecule has 0 saturated carbocycles. The van der Waals surface area contributed by atoms with E-state index < -0.39 is 16.0 Å². The number of ether oxygens (including phenoxy) is 1. The third kappa shape index (κ3) is 3.55. The molecule has 2 N–H and O–H groups in total. The number of carboxylic acid groups (broad SMARTS) is 1. The van der Waals surface area contributed by atoms with E-state index in [1.54, 1.807) is 12.1 Å². The molecule has 1 heterocycles. The van der Waals surface area contributed by atoms with Crippen LogP contribution in [-0.4, -0.2) is 26.6 Å². The highest BCUT2D eigenvalue weighted by atomic mass is 79.9. The van der Waals surface area contributed by atoms with Gasteiger partial charge in [0.2, 0.25) is 0 Å². The molecule has 0 amide bonds. The van der Waals surface area contributed by atoms with E-state index in [1.165, 1.54) is 18.6 Å². The number of carboxylic acids is 1. The van der Waals surface area contributed by atoms with Crippen molar-refractivity contribution in [1.82, 2.24) is 0 Å². The van der Waals surface area contributed by atoms with Crippen LogP contribution in [-0.2, 0) is 10.0 Å². The van der Waals surface area contributed by atoms with Crippen LogP contribution in [0.15, 0.2) is 39.0 Å². The molecule has 0 aliphatic rings. The van der Waals surface area contributed by atoms with Crippen LogP contribution in [0.3, 0.4) is 0 Å². The van der Waals surface area contributed by atoms with E-state index in [2.05, 4.69) is 20.7 Å². The van der Waals surface area contributed by atoms with E-state index in [-0.39, 0.29) is 9.77 Å². The Morgan fingerprint density at radius 1 is 1.38 bits per heavy atom. The Morgan fingerprint density at radius 2 is 2.10 bits per heavy atom. The highest BCUT2D eigenvalue weighted by molar-refractivity contribution is 9.10. The maximum absolute atomic E-state index is 12.2. The zero-order valence-corrected chi connectivity index (χ0v) is 13.9. The van der Waals surface area contributed by atoms with Crippen LogP contribution in [0.25, 0.3) is 0 Å². The molecule has 0 atom stereocenters. The molecule has 9 heteroatoms. The molecule has 0 bridgehead atoms. The second-order valence-corrected chi connectivity index (χ2v) is 7.35. The Morgan fingerprint density at radius 3 is 2.67 bits per heavy atom. The Kier molecular flexibility index (Phi) is 4.55. The second-order valence-electron chi connectivity index (χ2n) is 3.90. The molecule has 2 rings (SSSR count). The smallest absolute Gasteiger partial charge is 0.345 e. The number of hydrogen-bond donors (Lipinski definition) is 2. The molecule has 0 radical (unpaired) electrons. The first-order chi connectivity index (χ1) is 9.83. The van der Waals surface area contributed by atoms with Crippen LogP contribution < -0.4 is 9.46 Å². The van der Waals surface area contributed by atoms with Crippen LogP contribution in [0.1, 0.15) is 9.67 Å². The lowest BCUT2D eigenvalue weighted by molar-refractivity contribution is 0.0702. The number of aromatic carboxylic acids is 1. The fourth-order valence-corrected chi connectivity index (χ4v) is 4.14. The van der Waals surface area contributed by atoms with E-state index in [0.717, 1.165) is 17.4 Å². The van der Waals surface area contributed by atoms with E-state index in [0.29, 0.717) is 15.9 Å². The Balaban J connectivity index is 2.34. The molecule has 1 aromatic heterocycles. The zero-order valence-electron chi connectivity index (χ0n) is 10.7. The molecular formula is C12H10BrNO5S2. The zero-order chi connectivity index (χ0) is 15.6. The minimum atomic E-state index is -3.86. The van der Waals surface area contributed by atoms with E-state index in [9.17, 15) is 13.2 Å². The molecule has 0 fully saturated rings. The van der Waals surface area contributed by atoms with Crippen molar-refractivity contribution in [2.45, 2.75) is 4.90 Å².